The van der Waals surface area contributed by atoms with Gasteiger partial charge in [-0.3, -0.25) is 4.79 Å². The summed E-state index contributed by atoms with van der Waals surface area (Å²) < 4.78 is 31.3. The zero-order chi connectivity index (χ0) is 22.7. The molecule has 3 aliphatic rings. The molecule has 1 aromatic heterocycles. The van der Waals surface area contributed by atoms with Gasteiger partial charge in [0.25, 0.3) is 0 Å². The van der Waals surface area contributed by atoms with Gasteiger partial charge in [0.2, 0.25) is 15.9 Å². The number of hydrogen-bond acceptors (Lipinski definition) is 5. The number of aromatic nitrogens is 1. The van der Waals surface area contributed by atoms with Gasteiger partial charge in [-0.05, 0) is 30.5 Å². The van der Waals surface area contributed by atoms with Crippen LogP contribution in [0.3, 0.4) is 0 Å². The third-order valence-electron chi connectivity index (χ3n) is 7.59. The Balaban J connectivity index is 1.62. The summed E-state index contributed by atoms with van der Waals surface area (Å²) >= 11 is 0. The zero-order valence-electron chi connectivity index (χ0n) is 18.6. The van der Waals surface area contributed by atoms with Crippen molar-refractivity contribution in [1.29, 1.82) is 0 Å². The van der Waals surface area contributed by atoms with Crippen molar-refractivity contribution in [1.82, 2.24) is 14.2 Å². The summed E-state index contributed by atoms with van der Waals surface area (Å²) in [5, 5.41) is 11.4. The van der Waals surface area contributed by atoms with E-state index < -0.39 is 21.5 Å². The number of nitrogens with one attached hydrogen (secondary N) is 1. The third kappa shape index (κ3) is 3.33. The van der Waals surface area contributed by atoms with Crippen LogP contribution < -0.4 is 4.74 Å². The van der Waals surface area contributed by atoms with Crippen molar-refractivity contribution < 1.29 is 23.1 Å². The lowest BCUT2D eigenvalue weighted by atomic mass is 9.69. The molecule has 3 heterocycles. The van der Waals surface area contributed by atoms with Gasteiger partial charge in [0.05, 0.1) is 26.0 Å². The monoisotopic (exact) mass is 461 g/mol. The van der Waals surface area contributed by atoms with Crippen LogP contribution in [-0.4, -0.2) is 73.2 Å². The fraction of sp³-hybridized carbons (Fsp3) is 0.609. The molecule has 0 unspecified atom stereocenters. The average molecular weight is 462 g/mol. The molecule has 32 heavy (non-hydrogen) atoms. The second-order valence-corrected chi connectivity index (χ2v) is 11.6. The highest BCUT2D eigenvalue weighted by atomic mass is 32.2. The molecule has 174 valence electrons. The Hall–Kier alpha value is -2.10. The number of aromatic amines is 1. The van der Waals surface area contributed by atoms with Crippen molar-refractivity contribution in [2.45, 2.75) is 43.6 Å². The molecule has 9 heteroatoms. The number of ether oxygens (including phenoxy) is 1. The van der Waals surface area contributed by atoms with E-state index in [9.17, 15) is 18.3 Å². The lowest BCUT2D eigenvalue weighted by molar-refractivity contribution is -0.143. The van der Waals surface area contributed by atoms with Crippen molar-refractivity contribution in [2.75, 3.05) is 39.6 Å². The number of H-pyrrole nitrogens is 1. The molecule has 1 amide bonds. The molecule has 1 saturated carbocycles. The van der Waals surface area contributed by atoms with E-state index in [-0.39, 0.29) is 18.4 Å². The predicted molar refractivity (Wildman–Crippen MR) is 121 cm³/mol. The summed E-state index contributed by atoms with van der Waals surface area (Å²) in [5.41, 5.74) is 2.24. The minimum absolute atomic E-state index is 0.0213. The second-order valence-electron chi connectivity index (χ2n) is 9.64. The minimum Gasteiger partial charge on any atom is -0.497 e. The number of sulfonamides is 1. The van der Waals surface area contributed by atoms with Gasteiger partial charge >= 0.3 is 0 Å². The standard InChI is InChI=1S/C23H31N3O5S/c1-31-16-8-9-17-18(10-16)24-21-19(11-27)26(22(28)15-6-4-3-5-7-15)14-23(20(17)21)12-25(13-23)32(2,29)30/h8-10,15,19,24,27H,3-7,11-14H2,1-2H3/t19-/m0/s1. The number of hydrogen-bond donors (Lipinski definition) is 2. The van der Waals surface area contributed by atoms with Crippen LogP contribution in [0.4, 0.5) is 0 Å². The summed E-state index contributed by atoms with van der Waals surface area (Å²) in [6, 6.07) is 5.33. The largest absolute Gasteiger partial charge is 0.497 e. The maximum atomic E-state index is 13.6. The topological polar surface area (TPSA) is 103 Å². The second kappa shape index (κ2) is 7.74. The fourth-order valence-electron chi connectivity index (χ4n) is 5.94. The Kier molecular flexibility index (Phi) is 5.26. The number of benzene rings is 1. The van der Waals surface area contributed by atoms with Gasteiger partial charge in [0.15, 0.2) is 0 Å². The van der Waals surface area contributed by atoms with Crippen LogP contribution in [0.2, 0.25) is 0 Å². The highest BCUT2D eigenvalue weighted by Crippen LogP contribution is 2.49. The quantitative estimate of drug-likeness (QED) is 0.726. The molecule has 0 radical (unpaired) electrons. The number of amides is 1. The third-order valence-corrected chi connectivity index (χ3v) is 8.78. The van der Waals surface area contributed by atoms with Crippen molar-refractivity contribution in [2.24, 2.45) is 5.92 Å². The van der Waals surface area contributed by atoms with Gasteiger partial charge < -0.3 is 19.7 Å². The van der Waals surface area contributed by atoms with Crippen molar-refractivity contribution in [3.8, 4) is 5.75 Å². The molecule has 2 aliphatic heterocycles. The molecule has 2 N–H and O–H groups in total. The van der Waals surface area contributed by atoms with E-state index in [0.29, 0.717) is 25.4 Å². The summed E-state index contributed by atoms with van der Waals surface area (Å²) in [6.45, 7) is 0.918. The number of methoxy groups -OCH3 is 1. The van der Waals surface area contributed by atoms with Crippen molar-refractivity contribution >= 4 is 26.8 Å². The smallest absolute Gasteiger partial charge is 0.226 e. The molecule has 2 fully saturated rings. The lowest BCUT2D eigenvalue weighted by Gasteiger charge is -2.55. The first-order chi connectivity index (χ1) is 15.3. The molecular weight excluding hydrogens is 430 g/mol. The summed E-state index contributed by atoms with van der Waals surface area (Å²) in [4.78, 5) is 18.9. The SMILES string of the molecule is COc1ccc2c3c([nH]c2c1)[C@H](CO)N(C(=O)C1CCCCC1)CC31CN(S(C)(=O)=O)C1. The van der Waals surface area contributed by atoms with E-state index >= 15 is 0 Å². The first-order valence-electron chi connectivity index (χ1n) is 11.3. The van der Waals surface area contributed by atoms with E-state index in [1.165, 1.54) is 10.6 Å². The number of carbonyl (C=O) groups is 1. The van der Waals surface area contributed by atoms with Crippen LogP contribution in [0.5, 0.6) is 5.75 Å². The molecule has 1 atom stereocenters. The van der Waals surface area contributed by atoms with E-state index in [2.05, 4.69) is 4.98 Å². The van der Waals surface area contributed by atoms with Crippen LogP contribution >= 0.6 is 0 Å². The zero-order valence-corrected chi connectivity index (χ0v) is 19.5. The Morgan fingerprint density at radius 3 is 2.56 bits per heavy atom. The molecule has 1 aliphatic carbocycles. The van der Waals surface area contributed by atoms with E-state index in [1.54, 1.807) is 7.11 Å². The van der Waals surface area contributed by atoms with Crippen molar-refractivity contribution in [3.63, 3.8) is 0 Å². The van der Waals surface area contributed by atoms with Crippen LogP contribution in [0.15, 0.2) is 18.2 Å². The molecule has 1 spiro atoms. The highest BCUT2D eigenvalue weighted by Gasteiger charge is 2.56. The number of aliphatic hydroxyl groups is 1. The lowest BCUT2D eigenvalue weighted by Crippen LogP contribution is -2.68. The number of nitrogens with zero attached hydrogens (tertiary/aromatic N) is 2. The number of aliphatic hydroxyl groups excluding tert-OH is 1. The molecular formula is C23H31N3O5S. The number of carbonyl (C=O) groups excluding carboxylic acids is 1. The Morgan fingerprint density at radius 2 is 1.94 bits per heavy atom. The fourth-order valence-corrected chi connectivity index (χ4v) is 6.91. The number of fused-ring (bicyclic) bond motifs is 4. The highest BCUT2D eigenvalue weighted by molar-refractivity contribution is 7.88. The Bertz CT molecular complexity index is 1150. The van der Waals surface area contributed by atoms with E-state index in [1.807, 2.05) is 23.1 Å². The van der Waals surface area contributed by atoms with Crippen LogP contribution in [-0.2, 0) is 20.2 Å². The molecule has 5 rings (SSSR count). The van der Waals surface area contributed by atoms with Crippen LogP contribution in [0.25, 0.3) is 10.9 Å². The maximum absolute atomic E-state index is 13.6. The van der Waals surface area contributed by atoms with Gasteiger partial charge in [-0.2, -0.15) is 0 Å². The van der Waals surface area contributed by atoms with Crippen molar-refractivity contribution in [3.05, 3.63) is 29.5 Å². The number of rotatable bonds is 4. The summed E-state index contributed by atoms with van der Waals surface area (Å²) in [5.74, 6) is 0.780. The molecule has 0 bridgehead atoms. The first kappa shape index (κ1) is 21.7. The first-order valence-corrected chi connectivity index (χ1v) is 13.2. The van der Waals surface area contributed by atoms with Crippen LogP contribution in [0, 0.1) is 5.92 Å². The van der Waals surface area contributed by atoms with Gasteiger partial charge in [-0.15, -0.1) is 0 Å². The summed E-state index contributed by atoms with van der Waals surface area (Å²) in [6.07, 6.45) is 6.26. The van der Waals surface area contributed by atoms with Gasteiger partial charge in [0.1, 0.15) is 5.75 Å². The van der Waals surface area contributed by atoms with Gasteiger partial charge in [0, 0.05) is 53.6 Å². The Morgan fingerprint density at radius 1 is 1.22 bits per heavy atom. The normalized spacial score (nSPS) is 23.8. The Labute approximate surface area is 188 Å². The molecule has 2 aromatic rings. The van der Waals surface area contributed by atoms with E-state index in [0.717, 1.165) is 54.3 Å². The van der Waals surface area contributed by atoms with Gasteiger partial charge in [-0.25, -0.2) is 12.7 Å². The molecule has 8 nitrogen and oxygen atoms in total. The van der Waals surface area contributed by atoms with Gasteiger partial charge in [-0.1, -0.05) is 19.3 Å². The van der Waals surface area contributed by atoms with E-state index in [4.69, 9.17) is 4.74 Å². The van der Waals surface area contributed by atoms with Crippen LogP contribution in [0.1, 0.15) is 49.4 Å². The predicted octanol–water partition coefficient (Wildman–Crippen LogP) is 2.15. The average Bonchev–Trinajstić information content (AvgIpc) is 3.14. The minimum atomic E-state index is -3.32. The maximum Gasteiger partial charge on any atom is 0.226 e. The summed E-state index contributed by atoms with van der Waals surface area (Å²) in [7, 11) is -1.70. The molecule has 1 saturated heterocycles. The molecule has 1 aromatic carbocycles.